The Bertz CT molecular complexity index is 404. The summed E-state index contributed by atoms with van der Waals surface area (Å²) < 4.78 is 5.49. The molecule has 1 aromatic rings. The first-order chi connectivity index (χ1) is 8.79. The van der Waals surface area contributed by atoms with Crippen LogP contribution in [0.25, 0.3) is 0 Å². The molecule has 2 N–H and O–H groups in total. The minimum Gasteiger partial charge on any atom is -0.496 e. The van der Waals surface area contributed by atoms with Gasteiger partial charge in [-0.1, -0.05) is 46.8 Å². The van der Waals surface area contributed by atoms with Gasteiger partial charge in [-0.15, -0.1) is 0 Å². The van der Waals surface area contributed by atoms with E-state index in [0.717, 1.165) is 12.2 Å². The van der Waals surface area contributed by atoms with Gasteiger partial charge in [0.15, 0.2) is 0 Å². The smallest absolute Gasteiger partial charge is 0.122 e. The van der Waals surface area contributed by atoms with Crippen molar-refractivity contribution in [1.29, 1.82) is 0 Å². The molecule has 2 nitrogen and oxygen atoms in total. The average Bonchev–Trinajstić information content (AvgIpc) is 2.34. The van der Waals surface area contributed by atoms with Crippen LogP contribution in [-0.2, 0) is 5.41 Å². The predicted molar refractivity (Wildman–Crippen MR) is 82.9 cm³/mol. The molecule has 1 unspecified atom stereocenters. The van der Waals surface area contributed by atoms with Crippen LogP contribution in [0.2, 0.25) is 0 Å². The van der Waals surface area contributed by atoms with E-state index in [1.54, 1.807) is 7.11 Å². The zero-order valence-electron chi connectivity index (χ0n) is 13.3. The molecule has 1 aromatic carbocycles. The van der Waals surface area contributed by atoms with E-state index < -0.39 is 0 Å². The Hall–Kier alpha value is -1.02. The molecule has 0 fully saturated rings. The molecule has 1 rings (SSSR count). The van der Waals surface area contributed by atoms with Crippen LogP contribution in [0, 0.1) is 5.92 Å². The molecule has 0 aliphatic rings. The Kier molecular flexibility index (Phi) is 5.42. The van der Waals surface area contributed by atoms with Crippen LogP contribution in [0.4, 0.5) is 0 Å². The van der Waals surface area contributed by atoms with Gasteiger partial charge in [-0.2, -0.15) is 0 Å². The second-order valence-electron chi connectivity index (χ2n) is 6.77. The Labute approximate surface area is 118 Å². The van der Waals surface area contributed by atoms with Crippen molar-refractivity contribution in [2.75, 3.05) is 13.7 Å². The van der Waals surface area contributed by atoms with E-state index in [9.17, 15) is 0 Å². The van der Waals surface area contributed by atoms with Gasteiger partial charge in [0.25, 0.3) is 0 Å². The minimum absolute atomic E-state index is 0.0817. The van der Waals surface area contributed by atoms with E-state index >= 15 is 0 Å². The van der Waals surface area contributed by atoms with E-state index in [0.29, 0.717) is 18.4 Å². The molecular weight excluding hydrogens is 234 g/mol. The highest BCUT2D eigenvalue weighted by molar-refractivity contribution is 5.42. The highest BCUT2D eigenvalue weighted by atomic mass is 16.5. The summed E-state index contributed by atoms with van der Waals surface area (Å²) in [6.45, 7) is 11.8. The summed E-state index contributed by atoms with van der Waals surface area (Å²) in [6.07, 6.45) is 1.13. The third-order valence-corrected chi connectivity index (χ3v) is 3.54. The lowest BCUT2D eigenvalue weighted by molar-refractivity contribution is 0.396. The van der Waals surface area contributed by atoms with Crippen molar-refractivity contribution in [1.82, 2.24) is 0 Å². The fourth-order valence-corrected chi connectivity index (χ4v) is 2.50. The summed E-state index contributed by atoms with van der Waals surface area (Å²) in [4.78, 5) is 0. The Balaban J connectivity index is 3.16. The minimum atomic E-state index is 0.0817. The number of rotatable bonds is 5. The van der Waals surface area contributed by atoms with E-state index in [1.807, 2.05) is 0 Å². The standard InChI is InChI=1S/C17H29NO/c1-12(2)9-14(11-18)13-7-8-16(19-6)15(10-13)17(3,4)5/h7-8,10,12,14H,9,11,18H2,1-6H3. The van der Waals surface area contributed by atoms with Gasteiger partial charge in [0.05, 0.1) is 7.11 Å². The van der Waals surface area contributed by atoms with Crippen LogP contribution in [0.15, 0.2) is 18.2 Å². The van der Waals surface area contributed by atoms with E-state index in [1.165, 1.54) is 11.1 Å². The van der Waals surface area contributed by atoms with Gasteiger partial charge in [0, 0.05) is 0 Å². The predicted octanol–water partition coefficient (Wildman–Crippen LogP) is 4.08. The van der Waals surface area contributed by atoms with E-state index in [-0.39, 0.29) is 5.41 Å². The number of methoxy groups -OCH3 is 1. The first-order valence-electron chi connectivity index (χ1n) is 7.18. The van der Waals surface area contributed by atoms with Gasteiger partial charge in [0.2, 0.25) is 0 Å². The van der Waals surface area contributed by atoms with Gasteiger partial charge < -0.3 is 10.5 Å². The maximum Gasteiger partial charge on any atom is 0.122 e. The normalized spacial score (nSPS) is 13.7. The lowest BCUT2D eigenvalue weighted by Crippen LogP contribution is -2.17. The van der Waals surface area contributed by atoms with Crippen molar-refractivity contribution in [3.05, 3.63) is 29.3 Å². The fourth-order valence-electron chi connectivity index (χ4n) is 2.50. The molecule has 0 radical (unpaired) electrons. The van der Waals surface area contributed by atoms with Crippen molar-refractivity contribution in [2.24, 2.45) is 11.7 Å². The largest absolute Gasteiger partial charge is 0.496 e. The van der Waals surface area contributed by atoms with E-state index in [2.05, 4.69) is 52.8 Å². The molecule has 0 aromatic heterocycles. The molecule has 19 heavy (non-hydrogen) atoms. The molecule has 0 spiro atoms. The zero-order chi connectivity index (χ0) is 14.6. The van der Waals surface area contributed by atoms with Crippen molar-refractivity contribution >= 4 is 0 Å². The molecule has 1 atom stereocenters. The van der Waals surface area contributed by atoms with Gasteiger partial charge in [0.1, 0.15) is 5.75 Å². The summed E-state index contributed by atoms with van der Waals surface area (Å²) in [5.41, 5.74) is 8.63. The third-order valence-electron chi connectivity index (χ3n) is 3.54. The maximum absolute atomic E-state index is 5.95. The third kappa shape index (κ3) is 4.24. The Morgan fingerprint density at radius 2 is 1.84 bits per heavy atom. The van der Waals surface area contributed by atoms with Crippen LogP contribution < -0.4 is 10.5 Å². The van der Waals surface area contributed by atoms with Crippen molar-refractivity contribution < 1.29 is 4.74 Å². The quantitative estimate of drug-likeness (QED) is 0.868. The second-order valence-corrected chi connectivity index (χ2v) is 6.77. The molecule has 0 heterocycles. The second kappa shape index (κ2) is 6.42. The fraction of sp³-hybridized carbons (Fsp3) is 0.647. The molecule has 108 valence electrons. The van der Waals surface area contributed by atoms with Crippen LogP contribution >= 0.6 is 0 Å². The molecule has 0 aliphatic carbocycles. The highest BCUT2D eigenvalue weighted by Crippen LogP contribution is 2.34. The summed E-state index contributed by atoms with van der Waals surface area (Å²) in [5.74, 6) is 2.07. The first kappa shape index (κ1) is 16.0. The summed E-state index contributed by atoms with van der Waals surface area (Å²) >= 11 is 0. The van der Waals surface area contributed by atoms with Gasteiger partial charge >= 0.3 is 0 Å². The topological polar surface area (TPSA) is 35.2 Å². The molecule has 0 aliphatic heterocycles. The van der Waals surface area contributed by atoms with Crippen LogP contribution in [-0.4, -0.2) is 13.7 Å². The van der Waals surface area contributed by atoms with Crippen LogP contribution in [0.3, 0.4) is 0 Å². The van der Waals surface area contributed by atoms with Crippen molar-refractivity contribution in [3.8, 4) is 5.75 Å². The lowest BCUT2D eigenvalue weighted by atomic mass is 9.82. The molecule has 0 bridgehead atoms. The molecule has 0 saturated heterocycles. The number of ether oxygens (including phenoxy) is 1. The summed E-state index contributed by atoms with van der Waals surface area (Å²) in [7, 11) is 1.73. The Morgan fingerprint density at radius 3 is 2.26 bits per heavy atom. The van der Waals surface area contributed by atoms with Crippen LogP contribution in [0.5, 0.6) is 5.75 Å². The maximum atomic E-state index is 5.95. The SMILES string of the molecule is COc1ccc(C(CN)CC(C)C)cc1C(C)(C)C. The van der Waals surface area contributed by atoms with Crippen LogP contribution in [0.1, 0.15) is 58.1 Å². The first-order valence-corrected chi connectivity index (χ1v) is 7.18. The summed E-state index contributed by atoms with van der Waals surface area (Å²) in [6, 6.07) is 6.52. The lowest BCUT2D eigenvalue weighted by Gasteiger charge is -2.25. The van der Waals surface area contributed by atoms with Gasteiger partial charge in [-0.25, -0.2) is 0 Å². The highest BCUT2D eigenvalue weighted by Gasteiger charge is 2.21. The number of nitrogens with two attached hydrogens (primary N) is 1. The molecular formula is C17H29NO. The molecule has 0 amide bonds. The average molecular weight is 263 g/mol. The van der Waals surface area contributed by atoms with Crippen molar-refractivity contribution in [3.63, 3.8) is 0 Å². The Morgan fingerprint density at radius 1 is 1.21 bits per heavy atom. The number of hydrogen-bond acceptors (Lipinski definition) is 2. The summed E-state index contributed by atoms with van der Waals surface area (Å²) in [5, 5.41) is 0. The van der Waals surface area contributed by atoms with Crippen molar-refractivity contribution in [2.45, 2.75) is 52.4 Å². The number of benzene rings is 1. The molecule has 0 saturated carbocycles. The van der Waals surface area contributed by atoms with Gasteiger partial charge in [-0.05, 0) is 47.4 Å². The van der Waals surface area contributed by atoms with Gasteiger partial charge in [-0.3, -0.25) is 0 Å². The molecule has 2 heteroatoms. The monoisotopic (exact) mass is 263 g/mol. The van der Waals surface area contributed by atoms with E-state index in [4.69, 9.17) is 10.5 Å². The number of hydrogen-bond donors (Lipinski definition) is 1. The zero-order valence-corrected chi connectivity index (χ0v) is 13.3.